The van der Waals surface area contributed by atoms with Gasteiger partial charge in [0.15, 0.2) is 0 Å². The fourth-order valence-electron chi connectivity index (χ4n) is 5.92. The maximum absolute atomic E-state index is 13.1. The van der Waals surface area contributed by atoms with Crippen LogP contribution in [-0.2, 0) is 4.79 Å². The van der Waals surface area contributed by atoms with E-state index in [2.05, 4.69) is 47.0 Å². The molecular weight excluding hydrogens is 360 g/mol. The van der Waals surface area contributed by atoms with Crippen LogP contribution in [0.15, 0.2) is 30.5 Å². The molecule has 1 amide bonds. The Bertz CT molecular complexity index is 984. The fourth-order valence-corrected chi connectivity index (χ4v) is 5.92. The predicted octanol–water partition coefficient (Wildman–Crippen LogP) is 3.26. The Balaban J connectivity index is 1.35. The minimum atomic E-state index is 0.298. The first-order valence-electron chi connectivity index (χ1n) is 10.8. The van der Waals surface area contributed by atoms with Crippen molar-refractivity contribution in [2.45, 2.75) is 25.7 Å². The molecular formula is C24H28N4O. The van der Waals surface area contributed by atoms with Gasteiger partial charge >= 0.3 is 0 Å². The molecule has 0 spiro atoms. The molecule has 5 heteroatoms. The lowest BCUT2D eigenvalue weighted by Crippen LogP contribution is -2.43. The van der Waals surface area contributed by atoms with Gasteiger partial charge in [-0.25, -0.2) is 0 Å². The number of nitriles is 1. The van der Waals surface area contributed by atoms with Crippen molar-refractivity contribution in [3.8, 4) is 6.07 Å². The quantitative estimate of drug-likeness (QED) is 0.810. The van der Waals surface area contributed by atoms with Gasteiger partial charge in [-0.3, -0.25) is 9.78 Å². The van der Waals surface area contributed by atoms with E-state index in [-0.39, 0.29) is 0 Å². The molecule has 5 rings (SSSR count). The Morgan fingerprint density at radius 2 is 2.00 bits per heavy atom. The molecule has 3 fully saturated rings. The summed E-state index contributed by atoms with van der Waals surface area (Å²) in [5.41, 5.74) is 2.62. The average Bonchev–Trinajstić information content (AvgIpc) is 3.17. The van der Waals surface area contributed by atoms with Crippen LogP contribution >= 0.6 is 0 Å². The zero-order valence-electron chi connectivity index (χ0n) is 17.2. The summed E-state index contributed by atoms with van der Waals surface area (Å²) < 4.78 is 0. The number of fused-ring (bicyclic) bond motifs is 2. The highest BCUT2D eigenvalue weighted by Gasteiger charge is 2.55. The van der Waals surface area contributed by atoms with Gasteiger partial charge in [-0.1, -0.05) is 19.1 Å². The van der Waals surface area contributed by atoms with E-state index in [1.165, 1.54) is 5.56 Å². The van der Waals surface area contributed by atoms with Crippen LogP contribution in [0.5, 0.6) is 0 Å². The molecule has 2 aromatic rings. The average molecular weight is 389 g/mol. The van der Waals surface area contributed by atoms with Crippen LogP contribution in [-0.4, -0.2) is 53.9 Å². The van der Waals surface area contributed by atoms with E-state index in [0.717, 1.165) is 61.8 Å². The second-order valence-corrected chi connectivity index (χ2v) is 9.47. The van der Waals surface area contributed by atoms with Gasteiger partial charge in [0.05, 0.1) is 11.1 Å². The maximum atomic E-state index is 13.1. The summed E-state index contributed by atoms with van der Waals surface area (Å²) in [4.78, 5) is 22.1. The number of amides is 1. The molecule has 1 saturated carbocycles. The molecule has 29 heavy (non-hydrogen) atoms. The second-order valence-electron chi connectivity index (χ2n) is 9.47. The molecule has 2 aliphatic heterocycles. The van der Waals surface area contributed by atoms with Gasteiger partial charge in [-0.05, 0) is 54.8 Å². The number of hydrogen-bond donors (Lipinski definition) is 0. The SMILES string of the molecule is C[C@@H]1C[C@H](c2ccc(C#N)c3ncccc23)CN(C(=O)C[C@@H]2[C@H]3CN(C)C[C@@H]23)C1. The standard InChI is InChI=1S/C24H28N4O/c1-15-8-17(18-6-5-16(10-25)24-19(18)4-3-7-26-24)12-28(11-15)23(29)9-20-21-13-27(2)14-22(20)21/h3-7,15,17,20-22H,8-9,11-14H2,1-2H3/t15-,17+,20-,21-,22+/m1/s1. The number of rotatable bonds is 3. The van der Waals surface area contributed by atoms with Crippen molar-refractivity contribution in [1.82, 2.24) is 14.8 Å². The molecule has 5 atom stereocenters. The lowest BCUT2D eigenvalue weighted by molar-refractivity contribution is -0.133. The summed E-state index contributed by atoms with van der Waals surface area (Å²) in [5.74, 6) is 3.21. The summed E-state index contributed by atoms with van der Waals surface area (Å²) in [6.45, 7) is 6.21. The second kappa shape index (κ2) is 7.11. The van der Waals surface area contributed by atoms with Crippen LogP contribution in [0.2, 0.25) is 0 Å². The number of aromatic nitrogens is 1. The molecule has 1 aliphatic carbocycles. The van der Waals surface area contributed by atoms with Crippen molar-refractivity contribution >= 4 is 16.8 Å². The van der Waals surface area contributed by atoms with Gasteiger partial charge in [0.2, 0.25) is 5.91 Å². The van der Waals surface area contributed by atoms with E-state index in [1.54, 1.807) is 6.20 Å². The molecule has 1 aromatic heterocycles. The molecule has 5 nitrogen and oxygen atoms in total. The van der Waals surface area contributed by atoms with E-state index in [4.69, 9.17) is 0 Å². The van der Waals surface area contributed by atoms with Gasteiger partial charge in [0.25, 0.3) is 0 Å². The highest BCUT2D eigenvalue weighted by molar-refractivity contribution is 5.87. The van der Waals surface area contributed by atoms with Crippen LogP contribution in [0.3, 0.4) is 0 Å². The molecule has 3 heterocycles. The van der Waals surface area contributed by atoms with Crippen molar-refractivity contribution in [1.29, 1.82) is 5.26 Å². The molecule has 0 unspecified atom stereocenters. The van der Waals surface area contributed by atoms with E-state index in [9.17, 15) is 10.1 Å². The molecule has 3 aliphatic rings. The smallest absolute Gasteiger partial charge is 0.222 e. The number of carbonyl (C=O) groups excluding carboxylic acids is 1. The molecule has 150 valence electrons. The van der Waals surface area contributed by atoms with E-state index in [0.29, 0.717) is 29.2 Å². The molecule has 1 aromatic carbocycles. The Hall–Kier alpha value is -2.45. The third-order valence-corrected chi connectivity index (χ3v) is 7.34. The van der Waals surface area contributed by atoms with Gasteiger partial charge in [-0.2, -0.15) is 5.26 Å². The summed E-state index contributed by atoms with van der Waals surface area (Å²) in [5, 5.41) is 10.5. The number of benzene rings is 1. The highest BCUT2D eigenvalue weighted by Crippen LogP contribution is 2.53. The summed E-state index contributed by atoms with van der Waals surface area (Å²) in [7, 11) is 2.18. The molecule has 2 saturated heterocycles. The third kappa shape index (κ3) is 3.30. The normalized spacial score (nSPS) is 31.5. The number of carbonyl (C=O) groups is 1. The minimum Gasteiger partial charge on any atom is -0.342 e. The highest BCUT2D eigenvalue weighted by atomic mass is 16.2. The van der Waals surface area contributed by atoms with Gasteiger partial charge < -0.3 is 9.80 Å². The van der Waals surface area contributed by atoms with Crippen molar-refractivity contribution in [3.05, 3.63) is 41.6 Å². The Morgan fingerprint density at radius 3 is 2.76 bits per heavy atom. The number of piperidine rings is 2. The summed E-state index contributed by atoms with van der Waals surface area (Å²) >= 11 is 0. The zero-order valence-corrected chi connectivity index (χ0v) is 17.2. The van der Waals surface area contributed by atoms with Crippen molar-refractivity contribution in [3.63, 3.8) is 0 Å². The van der Waals surface area contributed by atoms with Gasteiger partial charge in [0, 0.05) is 50.1 Å². The first kappa shape index (κ1) is 18.6. The molecule has 0 bridgehead atoms. The van der Waals surface area contributed by atoms with E-state index < -0.39 is 0 Å². The van der Waals surface area contributed by atoms with Gasteiger partial charge in [0.1, 0.15) is 6.07 Å². The lowest BCUT2D eigenvalue weighted by atomic mass is 9.83. The Kier molecular flexibility index (Phi) is 4.55. The zero-order chi connectivity index (χ0) is 20.1. The van der Waals surface area contributed by atoms with Crippen LogP contribution in [0, 0.1) is 35.0 Å². The van der Waals surface area contributed by atoms with Crippen LogP contribution in [0.25, 0.3) is 10.9 Å². The maximum Gasteiger partial charge on any atom is 0.222 e. The van der Waals surface area contributed by atoms with Crippen molar-refractivity contribution < 1.29 is 4.79 Å². The monoisotopic (exact) mass is 388 g/mol. The van der Waals surface area contributed by atoms with Crippen molar-refractivity contribution in [2.75, 3.05) is 33.2 Å². The first-order chi connectivity index (χ1) is 14.0. The van der Waals surface area contributed by atoms with E-state index >= 15 is 0 Å². The third-order valence-electron chi connectivity index (χ3n) is 7.34. The van der Waals surface area contributed by atoms with Gasteiger partial charge in [-0.15, -0.1) is 0 Å². The Morgan fingerprint density at radius 1 is 1.21 bits per heavy atom. The first-order valence-corrected chi connectivity index (χ1v) is 10.8. The fraction of sp³-hybridized carbons (Fsp3) is 0.542. The van der Waals surface area contributed by atoms with Crippen LogP contribution < -0.4 is 0 Å². The minimum absolute atomic E-state index is 0.298. The summed E-state index contributed by atoms with van der Waals surface area (Å²) in [6, 6.07) is 10.2. The topological polar surface area (TPSA) is 60.2 Å². The van der Waals surface area contributed by atoms with Crippen LogP contribution in [0.4, 0.5) is 0 Å². The number of pyridine rings is 1. The Labute approximate surface area is 172 Å². The number of likely N-dealkylation sites (tertiary alicyclic amines) is 2. The lowest BCUT2D eigenvalue weighted by Gasteiger charge is -2.37. The van der Waals surface area contributed by atoms with Crippen LogP contribution in [0.1, 0.15) is 36.8 Å². The molecule has 0 N–H and O–H groups in total. The number of nitrogens with zero attached hydrogens (tertiary/aromatic N) is 4. The largest absolute Gasteiger partial charge is 0.342 e. The van der Waals surface area contributed by atoms with E-state index in [1.807, 2.05) is 12.1 Å². The summed E-state index contributed by atoms with van der Waals surface area (Å²) in [6.07, 6.45) is 3.54. The van der Waals surface area contributed by atoms with Crippen molar-refractivity contribution in [2.24, 2.45) is 23.7 Å². The number of hydrogen-bond acceptors (Lipinski definition) is 4. The predicted molar refractivity (Wildman–Crippen MR) is 112 cm³/mol. The molecule has 0 radical (unpaired) electrons.